The van der Waals surface area contributed by atoms with Gasteiger partial charge >= 0.3 is 0 Å². The predicted molar refractivity (Wildman–Crippen MR) is 119 cm³/mol. The molecular formula is C22H21Cl2N5O. The number of hydrogen-bond donors (Lipinski definition) is 0. The number of nitrogens with zero attached hydrogens (tertiary/aromatic N) is 5. The Balaban J connectivity index is 0.00000256. The van der Waals surface area contributed by atoms with Gasteiger partial charge in [-0.3, -0.25) is 9.69 Å². The molecule has 154 valence electrons. The van der Waals surface area contributed by atoms with Gasteiger partial charge in [0, 0.05) is 43.1 Å². The lowest BCUT2D eigenvalue weighted by atomic mass is 10.1. The van der Waals surface area contributed by atoms with Gasteiger partial charge in [-0.05, 0) is 35.9 Å². The van der Waals surface area contributed by atoms with Gasteiger partial charge in [0.1, 0.15) is 0 Å². The van der Waals surface area contributed by atoms with Crippen LogP contribution < -0.4 is 4.90 Å². The lowest BCUT2D eigenvalue weighted by Gasteiger charge is -2.34. The lowest BCUT2D eigenvalue weighted by Crippen LogP contribution is -2.50. The number of imidazole rings is 1. The highest BCUT2D eigenvalue weighted by Crippen LogP contribution is 2.22. The number of hydrogen-bond acceptors (Lipinski definition) is 4. The van der Waals surface area contributed by atoms with Crippen molar-refractivity contribution in [2.45, 2.75) is 13.1 Å². The minimum atomic E-state index is 0. The van der Waals surface area contributed by atoms with Crippen molar-refractivity contribution in [3.05, 3.63) is 82.9 Å². The van der Waals surface area contributed by atoms with Gasteiger partial charge in [0.2, 0.25) is 5.91 Å². The van der Waals surface area contributed by atoms with Crippen molar-refractivity contribution in [1.82, 2.24) is 14.5 Å². The quantitative estimate of drug-likeness (QED) is 0.604. The fourth-order valence-corrected chi connectivity index (χ4v) is 3.69. The second-order valence-corrected chi connectivity index (χ2v) is 7.49. The molecule has 30 heavy (non-hydrogen) atoms. The summed E-state index contributed by atoms with van der Waals surface area (Å²) in [6, 6.07) is 17.1. The second-order valence-electron chi connectivity index (χ2n) is 7.06. The molecule has 0 atom stereocenters. The molecular weight excluding hydrogens is 421 g/mol. The summed E-state index contributed by atoms with van der Waals surface area (Å²) in [6.45, 7) is 3.10. The summed E-state index contributed by atoms with van der Waals surface area (Å²) in [6.07, 6.45) is 3.65. The Labute approximate surface area is 186 Å². The highest BCUT2D eigenvalue weighted by Gasteiger charge is 2.25. The molecule has 0 unspecified atom stereocenters. The van der Waals surface area contributed by atoms with Gasteiger partial charge in [0.25, 0.3) is 0 Å². The molecule has 0 radical (unpaired) electrons. The zero-order valence-electron chi connectivity index (χ0n) is 16.2. The minimum absolute atomic E-state index is 0. The number of anilines is 1. The number of benzene rings is 2. The summed E-state index contributed by atoms with van der Waals surface area (Å²) in [7, 11) is 0. The van der Waals surface area contributed by atoms with Crippen molar-refractivity contribution in [3.63, 3.8) is 0 Å². The minimum Gasteiger partial charge on any atom is -0.329 e. The van der Waals surface area contributed by atoms with Crippen LogP contribution in [0.3, 0.4) is 0 Å². The molecule has 0 bridgehead atoms. The molecule has 1 fully saturated rings. The Bertz CT molecular complexity index is 1060. The van der Waals surface area contributed by atoms with Crippen molar-refractivity contribution in [2.75, 3.05) is 24.5 Å². The Morgan fingerprint density at radius 2 is 1.90 bits per heavy atom. The molecule has 0 N–H and O–H groups in total. The molecule has 1 aromatic heterocycles. The standard InChI is InChI=1S/C22H20ClN5O.ClH/c23-19-2-1-3-20(10-19)28-9-8-26(15-22(28)29)14-21-12-25-16-27(21)13-18-6-4-17(11-24)5-7-18;/h1-7,10,12,16H,8-9,13-15H2;1H. The van der Waals surface area contributed by atoms with Crippen LogP contribution >= 0.6 is 24.0 Å². The molecule has 1 saturated heterocycles. The van der Waals surface area contributed by atoms with E-state index in [0.29, 0.717) is 36.8 Å². The topological polar surface area (TPSA) is 65.2 Å². The van der Waals surface area contributed by atoms with Crippen LogP contribution in [0.4, 0.5) is 5.69 Å². The van der Waals surface area contributed by atoms with Gasteiger partial charge in [-0.1, -0.05) is 29.8 Å². The van der Waals surface area contributed by atoms with Gasteiger partial charge in [0.15, 0.2) is 0 Å². The van der Waals surface area contributed by atoms with Gasteiger partial charge < -0.3 is 9.47 Å². The van der Waals surface area contributed by atoms with E-state index in [1.165, 1.54) is 0 Å². The third kappa shape index (κ3) is 5.00. The molecule has 2 aromatic carbocycles. The highest BCUT2D eigenvalue weighted by atomic mass is 35.5. The van der Waals surface area contributed by atoms with E-state index in [4.69, 9.17) is 16.9 Å². The smallest absolute Gasteiger partial charge is 0.241 e. The summed E-state index contributed by atoms with van der Waals surface area (Å²) in [4.78, 5) is 20.9. The number of carbonyl (C=O) groups is 1. The SMILES string of the molecule is Cl.N#Cc1ccc(Cn2cncc2CN2CCN(c3cccc(Cl)c3)C(=O)C2)cc1. The van der Waals surface area contributed by atoms with E-state index < -0.39 is 0 Å². The third-order valence-corrected chi connectivity index (χ3v) is 5.27. The van der Waals surface area contributed by atoms with E-state index in [0.717, 1.165) is 23.5 Å². The number of nitriles is 1. The highest BCUT2D eigenvalue weighted by molar-refractivity contribution is 6.30. The number of carbonyl (C=O) groups excluding carboxylic acids is 1. The number of halogens is 2. The average Bonchev–Trinajstić information content (AvgIpc) is 3.15. The second kappa shape index (κ2) is 9.77. The van der Waals surface area contributed by atoms with Crippen molar-refractivity contribution in [2.24, 2.45) is 0 Å². The first-order chi connectivity index (χ1) is 14.1. The van der Waals surface area contributed by atoms with E-state index in [1.807, 2.05) is 48.7 Å². The largest absolute Gasteiger partial charge is 0.329 e. The van der Waals surface area contributed by atoms with Crippen LogP contribution in [-0.2, 0) is 17.9 Å². The summed E-state index contributed by atoms with van der Waals surface area (Å²) in [5.74, 6) is 0.0664. The van der Waals surface area contributed by atoms with E-state index in [1.54, 1.807) is 17.3 Å². The van der Waals surface area contributed by atoms with E-state index >= 15 is 0 Å². The number of aromatic nitrogens is 2. The monoisotopic (exact) mass is 441 g/mol. The Morgan fingerprint density at radius 3 is 2.60 bits per heavy atom. The summed E-state index contributed by atoms with van der Waals surface area (Å²) in [5, 5.41) is 9.56. The van der Waals surface area contributed by atoms with Gasteiger partial charge in [-0.25, -0.2) is 4.98 Å². The molecule has 0 saturated carbocycles. The fourth-order valence-electron chi connectivity index (χ4n) is 3.51. The van der Waals surface area contributed by atoms with E-state index in [9.17, 15) is 4.79 Å². The zero-order chi connectivity index (χ0) is 20.2. The van der Waals surface area contributed by atoms with Crippen LogP contribution in [0.2, 0.25) is 5.02 Å². The molecule has 0 spiro atoms. The molecule has 8 heteroatoms. The Hall–Kier alpha value is -2.85. The molecule has 1 aliphatic heterocycles. The maximum absolute atomic E-state index is 12.7. The molecule has 4 rings (SSSR count). The van der Waals surface area contributed by atoms with Crippen LogP contribution in [0.5, 0.6) is 0 Å². The van der Waals surface area contributed by atoms with Crippen molar-refractivity contribution in [1.29, 1.82) is 5.26 Å². The van der Waals surface area contributed by atoms with Gasteiger partial charge in [-0.15, -0.1) is 12.4 Å². The van der Waals surface area contributed by atoms with Crippen LogP contribution in [0.25, 0.3) is 0 Å². The molecule has 2 heterocycles. The van der Waals surface area contributed by atoms with Crippen LogP contribution in [0, 0.1) is 11.3 Å². The van der Waals surface area contributed by atoms with Gasteiger partial charge in [-0.2, -0.15) is 5.26 Å². The first-order valence-electron chi connectivity index (χ1n) is 9.39. The molecule has 1 amide bonds. The van der Waals surface area contributed by atoms with E-state index in [-0.39, 0.29) is 18.3 Å². The van der Waals surface area contributed by atoms with Crippen LogP contribution in [0.1, 0.15) is 16.8 Å². The molecule has 1 aliphatic rings. The number of amides is 1. The van der Waals surface area contributed by atoms with Crippen LogP contribution in [0.15, 0.2) is 61.1 Å². The maximum Gasteiger partial charge on any atom is 0.241 e. The maximum atomic E-state index is 12.7. The Kier molecular flexibility index (Phi) is 7.11. The normalized spacial score (nSPS) is 14.3. The van der Waals surface area contributed by atoms with Gasteiger partial charge in [0.05, 0.1) is 30.2 Å². The predicted octanol–water partition coefficient (Wildman–Crippen LogP) is 3.73. The number of rotatable bonds is 5. The zero-order valence-corrected chi connectivity index (χ0v) is 17.8. The van der Waals surface area contributed by atoms with E-state index in [2.05, 4.69) is 20.5 Å². The fraction of sp³-hybridized carbons (Fsp3) is 0.227. The third-order valence-electron chi connectivity index (χ3n) is 5.04. The van der Waals surface area contributed by atoms with Crippen molar-refractivity contribution < 1.29 is 4.79 Å². The Morgan fingerprint density at radius 1 is 1.10 bits per heavy atom. The first kappa shape index (κ1) is 21.8. The lowest BCUT2D eigenvalue weighted by molar-refractivity contribution is -0.121. The summed E-state index contributed by atoms with van der Waals surface area (Å²) >= 11 is 6.06. The summed E-state index contributed by atoms with van der Waals surface area (Å²) < 4.78 is 2.08. The van der Waals surface area contributed by atoms with Crippen molar-refractivity contribution >= 4 is 35.6 Å². The average molecular weight is 442 g/mol. The summed E-state index contributed by atoms with van der Waals surface area (Å²) in [5.41, 5.74) is 3.65. The molecule has 0 aliphatic carbocycles. The first-order valence-corrected chi connectivity index (χ1v) is 9.76. The number of piperazine rings is 1. The molecule has 6 nitrogen and oxygen atoms in total. The van der Waals surface area contributed by atoms with Crippen molar-refractivity contribution in [3.8, 4) is 6.07 Å². The van der Waals surface area contributed by atoms with Crippen LogP contribution in [-0.4, -0.2) is 40.0 Å². The molecule has 3 aromatic rings.